The number of hydrogen-bond acceptors (Lipinski definition) is 3. The molecule has 0 unspecified atom stereocenters. The van der Waals surface area contributed by atoms with E-state index < -0.39 is 24.7 Å². The predicted octanol–water partition coefficient (Wildman–Crippen LogP) is 3.05. The SMILES string of the molecule is Cc1sc(C(=O)N(CC(F)(F)F)C(C)C)cc1N. The summed E-state index contributed by atoms with van der Waals surface area (Å²) >= 11 is 1.11. The standard InChI is InChI=1S/C11H15F3N2OS/c1-6(2)16(5-11(12,13)14)10(17)9-4-8(15)7(3)18-9/h4,6H,5,15H2,1-3H3. The van der Waals surface area contributed by atoms with E-state index in [9.17, 15) is 18.0 Å². The number of amides is 1. The summed E-state index contributed by atoms with van der Waals surface area (Å²) in [5.41, 5.74) is 6.03. The lowest BCUT2D eigenvalue weighted by molar-refractivity contribution is -0.143. The van der Waals surface area contributed by atoms with Gasteiger partial charge in [0.05, 0.1) is 4.88 Å². The second-order valence-corrected chi connectivity index (χ2v) is 5.52. The van der Waals surface area contributed by atoms with E-state index >= 15 is 0 Å². The van der Waals surface area contributed by atoms with Gasteiger partial charge >= 0.3 is 6.18 Å². The molecule has 0 bridgehead atoms. The second-order valence-electron chi connectivity index (χ2n) is 4.26. The van der Waals surface area contributed by atoms with Gasteiger partial charge in [0.2, 0.25) is 0 Å². The van der Waals surface area contributed by atoms with Crippen molar-refractivity contribution in [2.45, 2.75) is 33.0 Å². The fraction of sp³-hybridized carbons (Fsp3) is 0.545. The van der Waals surface area contributed by atoms with Crippen LogP contribution in [-0.2, 0) is 0 Å². The van der Waals surface area contributed by atoms with Crippen molar-refractivity contribution in [2.75, 3.05) is 12.3 Å². The quantitative estimate of drug-likeness (QED) is 0.925. The van der Waals surface area contributed by atoms with Gasteiger partial charge in [0.25, 0.3) is 5.91 Å². The van der Waals surface area contributed by atoms with Crippen LogP contribution in [0.5, 0.6) is 0 Å². The molecule has 0 radical (unpaired) electrons. The van der Waals surface area contributed by atoms with Gasteiger partial charge in [-0.25, -0.2) is 0 Å². The number of aryl methyl sites for hydroxylation is 1. The number of carbonyl (C=O) groups excluding carboxylic acids is 1. The molecule has 0 fully saturated rings. The van der Waals surface area contributed by atoms with E-state index in [1.807, 2.05) is 0 Å². The number of rotatable bonds is 3. The molecule has 0 aliphatic heterocycles. The Morgan fingerprint density at radius 3 is 2.39 bits per heavy atom. The van der Waals surface area contributed by atoms with Crippen LogP contribution in [0, 0.1) is 6.92 Å². The van der Waals surface area contributed by atoms with E-state index in [1.54, 1.807) is 20.8 Å². The van der Waals surface area contributed by atoms with Gasteiger partial charge in [-0.3, -0.25) is 4.79 Å². The van der Waals surface area contributed by atoms with Crippen molar-refractivity contribution in [3.63, 3.8) is 0 Å². The lowest BCUT2D eigenvalue weighted by atomic mass is 10.2. The van der Waals surface area contributed by atoms with Crippen molar-refractivity contribution in [3.05, 3.63) is 15.8 Å². The Labute approximate surface area is 107 Å². The van der Waals surface area contributed by atoms with Gasteiger partial charge in [-0.1, -0.05) is 0 Å². The average molecular weight is 280 g/mol. The molecule has 2 N–H and O–H groups in total. The molecule has 0 aromatic carbocycles. The van der Waals surface area contributed by atoms with Crippen LogP contribution in [0.25, 0.3) is 0 Å². The third-order valence-corrected chi connectivity index (χ3v) is 3.46. The van der Waals surface area contributed by atoms with E-state index in [0.717, 1.165) is 21.1 Å². The summed E-state index contributed by atoms with van der Waals surface area (Å²) in [4.78, 5) is 13.8. The Morgan fingerprint density at radius 2 is 2.06 bits per heavy atom. The van der Waals surface area contributed by atoms with E-state index in [1.165, 1.54) is 6.07 Å². The molecule has 0 atom stereocenters. The lowest BCUT2D eigenvalue weighted by Crippen LogP contribution is -2.43. The topological polar surface area (TPSA) is 46.3 Å². The molecule has 1 amide bonds. The van der Waals surface area contributed by atoms with Crippen LogP contribution in [0.1, 0.15) is 28.4 Å². The minimum Gasteiger partial charge on any atom is -0.398 e. The Balaban J connectivity index is 2.96. The zero-order valence-corrected chi connectivity index (χ0v) is 11.2. The zero-order chi connectivity index (χ0) is 14.1. The van der Waals surface area contributed by atoms with Crippen LogP contribution in [0.2, 0.25) is 0 Å². The molecule has 0 aliphatic rings. The Kier molecular flexibility index (Phi) is 4.26. The molecule has 1 aromatic rings. The number of nitrogen functional groups attached to an aromatic ring is 1. The monoisotopic (exact) mass is 280 g/mol. The van der Waals surface area contributed by atoms with Gasteiger partial charge in [-0.2, -0.15) is 13.2 Å². The van der Waals surface area contributed by atoms with Gasteiger partial charge in [0, 0.05) is 16.6 Å². The van der Waals surface area contributed by atoms with Crippen LogP contribution in [0.3, 0.4) is 0 Å². The number of carbonyl (C=O) groups is 1. The zero-order valence-electron chi connectivity index (χ0n) is 10.3. The van der Waals surface area contributed by atoms with Crippen LogP contribution in [0.4, 0.5) is 18.9 Å². The number of hydrogen-bond donors (Lipinski definition) is 1. The summed E-state index contributed by atoms with van der Waals surface area (Å²) in [6, 6.07) is 0.899. The third-order valence-electron chi connectivity index (χ3n) is 2.40. The first-order valence-corrected chi connectivity index (χ1v) is 6.17. The number of nitrogens with two attached hydrogens (primary N) is 1. The third kappa shape index (κ3) is 3.63. The van der Waals surface area contributed by atoms with E-state index in [-0.39, 0.29) is 4.88 Å². The molecule has 3 nitrogen and oxygen atoms in total. The summed E-state index contributed by atoms with van der Waals surface area (Å²) in [6.07, 6.45) is -4.40. The Bertz CT molecular complexity index is 420. The number of alkyl halides is 3. The van der Waals surface area contributed by atoms with Gasteiger partial charge < -0.3 is 10.6 Å². The van der Waals surface area contributed by atoms with Crippen LogP contribution < -0.4 is 5.73 Å². The fourth-order valence-electron chi connectivity index (χ4n) is 1.43. The van der Waals surface area contributed by atoms with Crippen molar-refractivity contribution in [3.8, 4) is 0 Å². The summed E-state index contributed by atoms with van der Waals surface area (Å²) in [5, 5.41) is 0. The molecule has 0 aliphatic carbocycles. The number of halogens is 3. The van der Waals surface area contributed by atoms with Gasteiger partial charge in [0.1, 0.15) is 6.54 Å². The molecule has 1 rings (SSSR count). The highest BCUT2D eigenvalue weighted by Crippen LogP contribution is 2.27. The maximum atomic E-state index is 12.4. The summed E-state index contributed by atoms with van der Waals surface area (Å²) in [5.74, 6) is -0.632. The molecular weight excluding hydrogens is 265 g/mol. The Morgan fingerprint density at radius 1 is 1.50 bits per heavy atom. The van der Waals surface area contributed by atoms with E-state index in [4.69, 9.17) is 5.73 Å². The average Bonchev–Trinajstić information content (AvgIpc) is 2.53. The molecular formula is C11H15F3N2OS. The highest BCUT2D eigenvalue weighted by atomic mass is 32.1. The number of nitrogens with zero attached hydrogens (tertiary/aromatic N) is 1. The summed E-state index contributed by atoms with van der Waals surface area (Å²) in [6.45, 7) is 3.57. The molecule has 0 saturated heterocycles. The molecule has 18 heavy (non-hydrogen) atoms. The molecule has 0 spiro atoms. The highest BCUT2D eigenvalue weighted by Gasteiger charge is 2.35. The Hall–Kier alpha value is -1.24. The maximum Gasteiger partial charge on any atom is 0.406 e. The van der Waals surface area contributed by atoms with Crippen molar-refractivity contribution in [1.82, 2.24) is 4.90 Å². The van der Waals surface area contributed by atoms with Crippen LogP contribution in [0.15, 0.2) is 6.07 Å². The first-order valence-electron chi connectivity index (χ1n) is 5.35. The van der Waals surface area contributed by atoms with Gasteiger partial charge in [-0.15, -0.1) is 11.3 Å². The predicted molar refractivity (Wildman–Crippen MR) is 65.7 cm³/mol. The second kappa shape index (κ2) is 5.17. The lowest BCUT2D eigenvalue weighted by Gasteiger charge is -2.27. The highest BCUT2D eigenvalue weighted by molar-refractivity contribution is 7.14. The smallest absolute Gasteiger partial charge is 0.398 e. The first kappa shape index (κ1) is 14.8. The maximum absolute atomic E-state index is 12.4. The van der Waals surface area contributed by atoms with E-state index in [2.05, 4.69) is 0 Å². The van der Waals surface area contributed by atoms with Crippen LogP contribution >= 0.6 is 11.3 Å². The largest absolute Gasteiger partial charge is 0.406 e. The van der Waals surface area contributed by atoms with Crippen molar-refractivity contribution < 1.29 is 18.0 Å². The van der Waals surface area contributed by atoms with Crippen molar-refractivity contribution >= 4 is 22.9 Å². The molecule has 1 heterocycles. The molecule has 102 valence electrons. The fourth-order valence-corrected chi connectivity index (χ4v) is 2.32. The number of anilines is 1. The molecule has 7 heteroatoms. The first-order chi connectivity index (χ1) is 8.11. The van der Waals surface area contributed by atoms with Crippen molar-refractivity contribution in [1.29, 1.82) is 0 Å². The minimum absolute atomic E-state index is 0.239. The summed E-state index contributed by atoms with van der Waals surface area (Å²) < 4.78 is 37.2. The van der Waals surface area contributed by atoms with Gasteiger partial charge in [0.15, 0.2) is 0 Å². The number of thiophene rings is 1. The normalized spacial score (nSPS) is 11.9. The van der Waals surface area contributed by atoms with Gasteiger partial charge in [-0.05, 0) is 26.8 Å². The van der Waals surface area contributed by atoms with E-state index in [0.29, 0.717) is 5.69 Å². The van der Waals surface area contributed by atoms with Crippen molar-refractivity contribution in [2.24, 2.45) is 0 Å². The molecule has 1 aromatic heterocycles. The minimum atomic E-state index is -4.40. The van der Waals surface area contributed by atoms with Crippen LogP contribution in [-0.4, -0.2) is 29.6 Å². The summed E-state index contributed by atoms with van der Waals surface area (Å²) in [7, 11) is 0. The molecule has 0 saturated carbocycles.